The van der Waals surface area contributed by atoms with Gasteiger partial charge in [0.2, 0.25) is 17.7 Å². The van der Waals surface area contributed by atoms with Crippen molar-refractivity contribution in [2.75, 3.05) is 13.1 Å². The van der Waals surface area contributed by atoms with Crippen molar-refractivity contribution < 1.29 is 34.2 Å². The number of carboxylic acids is 2. The van der Waals surface area contributed by atoms with Crippen LogP contribution >= 0.6 is 0 Å². The molecule has 31 heavy (non-hydrogen) atoms. The van der Waals surface area contributed by atoms with Gasteiger partial charge in [-0.3, -0.25) is 24.0 Å². The van der Waals surface area contributed by atoms with E-state index in [9.17, 15) is 24.0 Å². The van der Waals surface area contributed by atoms with Crippen molar-refractivity contribution in [2.24, 2.45) is 17.4 Å². The fourth-order valence-corrected chi connectivity index (χ4v) is 2.72. The summed E-state index contributed by atoms with van der Waals surface area (Å²) >= 11 is 0. The number of nitrogens with two attached hydrogens (primary N) is 2. The van der Waals surface area contributed by atoms with Crippen LogP contribution in [-0.4, -0.2) is 71.1 Å². The van der Waals surface area contributed by atoms with Gasteiger partial charge in [0.05, 0.1) is 6.04 Å². The molecule has 0 saturated heterocycles. The number of rotatable bonds is 16. The highest BCUT2D eigenvalue weighted by molar-refractivity contribution is 5.93. The van der Waals surface area contributed by atoms with E-state index in [0.29, 0.717) is 25.8 Å². The van der Waals surface area contributed by atoms with E-state index in [2.05, 4.69) is 16.0 Å². The van der Waals surface area contributed by atoms with Crippen molar-refractivity contribution in [3.8, 4) is 0 Å². The summed E-state index contributed by atoms with van der Waals surface area (Å²) in [4.78, 5) is 58.9. The summed E-state index contributed by atoms with van der Waals surface area (Å²) in [5, 5.41) is 24.7. The molecule has 3 unspecified atom stereocenters. The van der Waals surface area contributed by atoms with Crippen molar-refractivity contribution in [1.82, 2.24) is 16.0 Å². The molecule has 0 aromatic rings. The van der Waals surface area contributed by atoms with Crippen LogP contribution in [0.15, 0.2) is 0 Å². The van der Waals surface area contributed by atoms with Gasteiger partial charge in [-0.2, -0.15) is 0 Å². The quantitative estimate of drug-likeness (QED) is 0.138. The van der Waals surface area contributed by atoms with Crippen LogP contribution in [0.4, 0.5) is 0 Å². The summed E-state index contributed by atoms with van der Waals surface area (Å²) < 4.78 is 0. The first kappa shape index (κ1) is 28.3. The second kappa shape index (κ2) is 15.1. The zero-order valence-corrected chi connectivity index (χ0v) is 18.1. The Morgan fingerprint density at radius 3 is 1.97 bits per heavy atom. The van der Waals surface area contributed by atoms with Crippen LogP contribution < -0.4 is 27.4 Å². The molecular formula is C19H35N5O7. The third-order valence-electron chi connectivity index (χ3n) is 4.34. The van der Waals surface area contributed by atoms with Crippen LogP contribution in [0.5, 0.6) is 0 Å². The third kappa shape index (κ3) is 13.2. The first-order valence-corrected chi connectivity index (χ1v) is 10.3. The summed E-state index contributed by atoms with van der Waals surface area (Å²) in [7, 11) is 0. The molecule has 0 bridgehead atoms. The lowest BCUT2D eigenvalue weighted by atomic mass is 10.0. The molecule has 0 rings (SSSR count). The summed E-state index contributed by atoms with van der Waals surface area (Å²) in [5.74, 6) is -4.48. The van der Waals surface area contributed by atoms with Crippen LogP contribution in [0, 0.1) is 5.92 Å². The Morgan fingerprint density at radius 1 is 0.839 bits per heavy atom. The number of amides is 3. The molecule has 3 atom stereocenters. The van der Waals surface area contributed by atoms with E-state index in [0.717, 1.165) is 0 Å². The molecule has 12 heteroatoms. The van der Waals surface area contributed by atoms with Gasteiger partial charge in [0, 0.05) is 6.42 Å². The Hall–Kier alpha value is -2.73. The van der Waals surface area contributed by atoms with E-state index in [4.69, 9.17) is 21.7 Å². The summed E-state index contributed by atoms with van der Waals surface area (Å²) in [6.45, 7) is 3.49. The van der Waals surface area contributed by atoms with Gasteiger partial charge in [-0.25, -0.2) is 0 Å². The number of aliphatic carboxylic acids is 2. The van der Waals surface area contributed by atoms with E-state index < -0.39 is 60.8 Å². The average Bonchev–Trinajstić information content (AvgIpc) is 2.67. The first-order chi connectivity index (χ1) is 14.5. The highest BCUT2D eigenvalue weighted by Crippen LogP contribution is 2.08. The van der Waals surface area contributed by atoms with Crippen LogP contribution in [0.2, 0.25) is 0 Å². The standard InChI is InChI=1S/C19H35N5O7/c1-11(2)9-14(24-17(29)12(21)5-3-4-8-20)19(31)23-13(6-7-15(25)26)18(30)22-10-16(27)28/h11-14H,3-10,20-21H2,1-2H3,(H,22,30)(H,23,31)(H,24,29)(H,25,26)(H,27,28). The largest absolute Gasteiger partial charge is 0.481 e. The van der Waals surface area contributed by atoms with Crippen molar-refractivity contribution in [3.05, 3.63) is 0 Å². The Morgan fingerprint density at radius 2 is 1.45 bits per heavy atom. The van der Waals surface area contributed by atoms with Crippen molar-refractivity contribution in [3.63, 3.8) is 0 Å². The fourth-order valence-electron chi connectivity index (χ4n) is 2.72. The normalized spacial score (nSPS) is 13.7. The van der Waals surface area contributed by atoms with Crippen LogP contribution in [0.25, 0.3) is 0 Å². The van der Waals surface area contributed by atoms with Crippen molar-refractivity contribution >= 4 is 29.7 Å². The Bertz CT molecular complexity index is 627. The van der Waals surface area contributed by atoms with E-state index in [-0.39, 0.29) is 18.8 Å². The predicted molar refractivity (Wildman–Crippen MR) is 112 cm³/mol. The molecule has 0 saturated carbocycles. The van der Waals surface area contributed by atoms with Gasteiger partial charge < -0.3 is 37.6 Å². The monoisotopic (exact) mass is 445 g/mol. The van der Waals surface area contributed by atoms with Crippen LogP contribution in [0.1, 0.15) is 52.4 Å². The van der Waals surface area contributed by atoms with Gasteiger partial charge in [-0.15, -0.1) is 0 Å². The summed E-state index contributed by atoms with van der Waals surface area (Å²) in [6, 6.07) is -3.09. The average molecular weight is 446 g/mol. The molecule has 12 nitrogen and oxygen atoms in total. The molecule has 3 amide bonds. The smallest absolute Gasteiger partial charge is 0.322 e. The maximum atomic E-state index is 12.8. The maximum Gasteiger partial charge on any atom is 0.322 e. The topological polar surface area (TPSA) is 214 Å². The molecule has 0 aromatic carbocycles. The SMILES string of the molecule is CC(C)CC(NC(=O)C(N)CCCCN)C(=O)NC(CCC(=O)O)C(=O)NCC(=O)O. The van der Waals surface area contributed by atoms with E-state index in [1.807, 2.05) is 13.8 Å². The lowest BCUT2D eigenvalue weighted by Gasteiger charge is -2.25. The van der Waals surface area contributed by atoms with Gasteiger partial charge in [-0.1, -0.05) is 20.3 Å². The van der Waals surface area contributed by atoms with Gasteiger partial charge in [-0.05, 0) is 38.1 Å². The summed E-state index contributed by atoms with van der Waals surface area (Å²) in [5.41, 5.74) is 11.3. The molecule has 178 valence electrons. The lowest BCUT2D eigenvalue weighted by Crippen LogP contribution is -2.56. The number of unbranched alkanes of at least 4 members (excludes halogenated alkanes) is 1. The second-order valence-corrected chi connectivity index (χ2v) is 7.69. The fraction of sp³-hybridized carbons (Fsp3) is 0.737. The maximum absolute atomic E-state index is 12.8. The minimum atomic E-state index is -1.29. The minimum absolute atomic E-state index is 0.0165. The molecule has 0 spiro atoms. The van der Waals surface area contributed by atoms with Crippen LogP contribution in [-0.2, 0) is 24.0 Å². The lowest BCUT2D eigenvalue weighted by molar-refractivity contribution is -0.140. The molecule has 0 radical (unpaired) electrons. The molecule has 9 N–H and O–H groups in total. The number of hydrogen-bond donors (Lipinski definition) is 7. The molecule has 0 aliphatic rings. The minimum Gasteiger partial charge on any atom is -0.481 e. The highest BCUT2D eigenvalue weighted by Gasteiger charge is 2.29. The number of carbonyl (C=O) groups is 5. The number of carboxylic acid groups (broad SMARTS) is 2. The van der Waals surface area contributed by atoms with E-state index in [1.54, 1.807) is 0 Å². The Labute approximate surface area is 181 Å². The molecule has 0 heterocycles. The van der Waals surface area contributed by atoms with Gasteiger partial charge in [0.25, 0.3) is 0 Å². The number of hydrogen-bond acceptors (Lipinski definition) is 7. The second-order valence-electron chi connectivity index (χ2n) is 7.69. The molecule has 0 aliphatic heterocycles. The number of nitrogens with one attached hydrogen (secondary N) is 3. The summed E-state index contributed by atoms with van der Waals surface area (Å²) in [6.07, 6.45) is 1.38. The Kier molecular flexibility index (Phi) is 13.8. The van der Waals surface area contributed by atoms with Gasteiger partial charge in [0.1, 0.15) is 18.6 Å². The molecular weight excluding hydrogens is 410 g/mol. The third-order valence-corrected chi connectivity index (χ3v) is 4.34. The Balaban J connectivity index is 5.21. The van der Waals surface area contributed by atoms with Crippen molar-refractivity contribution in [2.45, 2.75) is 70.5 Å². The molecule has 0 aromatic heterocycles. The zero-order chi connectivity index (χ0) is 24.0. The highest BCUT2D eigenvalue weighted by atomic mass is 16.4. The number of carbonyl (C=O) groups excluding carboxylic acids is 3. The zero-order valence-electron chi connectivity index (χ0n) is 18.1. The van der Waals surface area contributed by atoms with Gasteiger partial charge in [0.15, 0.2) is 0 Å². The van der Waals surface area contributed by atoms with Gasteiger partial charge >= 0.3 is 11.9 Å². The predicted octanol–water partition coefficient (Wildman–Crippen LogP) is -1.48. The molecule has 0 aliphatic carbocycles. The van der Waals surface area contributed by atoms with E-state index >= 15 is 0 Å². The van der Waals surface area contributed by atoms with Crippen molar-refractivity contribution in [1.29, 1.82) is 0 Å². The molecule has 0 fully saturated rings. The van der Waals surface area contributed by atoms with E-state index in [1.165, 1.54) is 0 Å². The first-order valence-electron chi connectivity index (χ1n) is 10.3. The van der Waals surface area contributed by atoms with Crippen LogP contribution in [0.3, 0.4) is 0 Å².